The molecule has 1 aliphatic carbocycles. The van der Waals surface area contributed by atoms with E-state index in [0.29, 0.717) is 28.3 Å². The fourth-order valence-electron chi connectivity index (χ4n) is 3.88. The van der Waals surface area contributed by atoms with Gasteiger partial charge in [-0.2, -0.15) is 0 Å². The molecule has 0 radical (unpaired) electrons. The van der Waals surface area contributed by atoms with Gasteiger partial charge in [-0.3, -0.25) is 9.59 Å². The second kappa shape index (κ2) is 10.2. The molecule has 0 aliphatic heterocycles. The zero-order valence-electron chi connectivity index (χ0n) is 18.7. The summed E-state index contributed by atoms with van der Waals surface area (Å²) < 4.78 is 10.5. The zero-order chi connectivity index (χ0) is 22.4. The molecule has 0 heterocycles. The van der Waals surface area contributed by atoms with Crippen molar-refractivity contribution >= 4 is 23.2 Å². The van der Waals surface area contributed by atoms with Crippen molar-refractivity contribution in [2.24, 2.45) is 0 Å². The van der Waals surface area contributed by atoms with Crippen molar-refractivity contribution in [1.29, 1.82) is 0 Å². The zero-order valence-corrected chi connectivity index (χ0v) is 18.7. The van der Waals surface area contributed by atoms with E-state index < -0.39 is 0 Å². The Kier molecular flexibility index (Phi) is 7.39. The summed E-state index contributed by atoms with van der Waals surface area (Å²) in [6, 6.07) is 10.6. The standard InChI is InChI=1S/C24H31N3O4/c1-27(2)21-13-10-17(14-20(21)24(29)25-16-8-6-5-7-9-16)26-23(28)19-12-11-18(30-3)15-22(19)31-4/h10-16H,5-9H2,1-4H3,(H,25,29)(H,26,28). The van der Waals surface area contributed by atoms with Crippen LogP contribution in [-0.4, -0.2) is 46.2 Å². The van der Waals surface area contributed by atoms with Gasteiger partial charge in [-0.25, -0.2) is 0 Å². The minimum atomic E-state index is -0.323. The van der Waals surface area contributed by atoms with Crippen LogP contribution >= 0.6 is 0 Å². The van der Waals surface area contributed by atoms with Crippen LogP contribution in [0.3, 0.4) is 0 Å². The molecule has 2 amide bonds. The molecule has 3 rings (SSSR count). The Morgan fingerprint density at radius 1 is 0.903 bits per heavy atom. The lowest BCUT2D eigenvalue weighted by Gasteiger charge is -2.24. The smallest absolute Gasteiger partial charge is 0.259 e. The number of carbonyl (C=O) groups is 2. The van der Waals surface area contributed by atoms with E-state index in [9.17, 15) is 9.59 Å². The van der Waals surface area contributed by atoms with E-state index in [1.165, 1.54) is 13.5 Å². The van der Waals surface area contributed by atoms with Crippen LogP contribution in [0.25, 0.3) is 0 Å². The average molecular weight is 426 g/mol. The van der Waals surface area contributed by atoms with Crippen molar-refractivity contribution in [3.05, 3.63) is 47.5 Å². The number of nitrogens with zero attached hydrogens (tertiary/aromatic N) is 1. The Balaban J connectivity index is 1.82. The summed E-state index contributed by atoms with van der Waals surface area (Å²) in [6.07, 6.45) is 5.54. The van der Waals surface area contributed by atoms with Crippen LogP contribution in [0.1, 0.15) is 52.8 Å². The van der Waals surface area contributed by atoms with Gasteiger partial charge in [0.1, 0.15) is 11.5 Å². The molecule has 166 valence electrons. The molecule has 0 spiro atoms. The van der Waals surface area contributed by atoms with Gasteiger partial charge in [0.25, 0.3) is 11.8 Å². The SMILES string of the molecule is COc1ccc(C(=O)Nc2ccc(N(C)C)c(C(=O)NC3CCCCC3)c2)c(OC)c1. The number of methoxy groups -OCH3 is 2. The van der Waals surface area contributed by atoms with Gasteiger partial charge in [-0.1, -0.05) is 19.3 Å². The van der Waals surface area contributed by atoms with Gasteiger partial charge in [-0.15, -0.1) is 0 Å². The van der Waals surface area contributed by atoms with E-state index in [4.69, 9.17) is 9.47 Å². The monoisotopic (exact) mass is 425 g/mol. The maximum atomic E-state index is 13.0. The van der Waals surface area contributed by atoms with Crippen LogP contribution in [0.4, 0.5) is 11.4 Å². The number of rotatable bonds is 7. The third-order valence-corrected chi connectivity index (χ3v) is 5.57. The molecule has 2 aromatic rings. The average Bonchev–Trinajstić information content (AvgIpc) is 2.78. The number of anilines is 2. The highest BCUT2D eigenvalue weighted by atomic mass is 16.5. The Bertz CT molecular complexity index is 936. The molecule has 0 atom stereocenters. The molecule has 0 bridgehead atoms. The van der Waals surface area contributed by atoms with Gasteiger partial charge >= 0.3 is 0 Å². The predicted molar refractivity (Wildman–Crippen MR) is 123 cm³/mol. The minimum Gasteiger partial charge on any atom is -0.497 e. The van der Waals surface area contributed by atoms with E-state index in [2.05, 4.69) is 10.6 Å². The number of benzene rings is 2. The third kappa shape index (κ3) is 5.48. The van der Waals surface area contributed by atoms with Gasteiger partial charge in [0.2, 0.25) is 0 Å². The van der Waals surface area contributed by atoms with E-state index in [-0.39, 0.29) is 17.9 Å². The van der Waals surface area contributed by atoms with Gasteiger partial charge < -0.3 is 25.0 Å². The lowest BCUT2D eigenvalue weighted by Crippen LogP contribution is -2.36. The van der Waals surface area contributed by atoms with Crippen molar-refractivity contribution in [2.45, 2.75) is 38.1 Å². The molecule has 31 heavy (non-hydrogen) atoms. The maximum Gasteiger partial charge on any atom is 0.259 e. The van der Waals surface area contributed by atoms with E-state index >= 15 is 0 Å². The molecule has 1 aliphatic rings. The Hall–Kier alpha value is -3.22. The second-order valence-corrected chi connectivity index (χ2v) is 7.96. The predicted octanol–water partition coefficient (Wildman–Crippen LogP) is 4.08. The Morgan fingerprint density at radius 3 is 2.29 bits per heavy atom. The van der Waals surface area contributed by atoms with Crippen molar-refractivity contribution < 1.29 is 19.1 Å². The van der Waals surface area contributed by atoms with E-state index in [1.54, 1.807) is 37.4 Å². The van der Waals surface area contributed by atoms with Crippen LogP contribution in [0.15, 0.2) is 36.4 Å². The summed E-state index contributed by atoms with van der Waals surface area (Å²) in [6.45, 7) is 0. The van der Waals surface area contributed by atoms with Crippen LogP contribution in [0.5, 0.6) is 11.5 Å². The number of hydrogen-bond donors (Lipinski definition) is 2. The van der Waals surface area contributed by atoms with Gasteiger partial charge in [0.15, 0.2) is 0 Å². The fourth-order valence-corrected chi connectivity index (χ4v) is 3.88. The molecule has 1 fully saturated rings. The van der Waals surface area contributed by atoms with Crippen LogP contribution in [0.2, 0.25) is 0 Å². The minimum absolute atomic E-state index is 0.117. The number of carbonyl (C=O) groups excluding carboxylic acids is 2. The number of ether oxygens (including phenoxy) is 2. The molecular weight excluding hydrogens is 394 g/mol. The summed E-state index contributed by atoms with van der Waals surface area (Å²) in [4.78, 5) is 27.8. The topological polar surface area (TPSA) is 79.9 Å². The van der Waals surface area contributed by atoms with E-state index in [0.717, 1.165) is 31.4 Å². The lowest BCUT2D eigenvalue weighted by atomic mass is 9.95. The van der Waals surface area contributed by atoms with Crippen LogP contribution < -0.4 is 25.0 Å². The molecular formula is C24H31N3O4. The molecule has 0 unspecified atom stereocenters. The first-order valence-corrected chi connectivity index (χ1v) is 10.6. The molecule has 2 aromatic carbocycles. The normalized spacial score (nSPS) is 13.9. The van der Waals surface area contributed by atoms with Crippen molar-refractivity contribution in [1.82, 2.24) is 5.32 Å². The maximum absolute atomic E-state index is 13.0. The highest BCUT2D eigenvalue weighted by Gasteiger charge is 2.21. The summed E-state index contributed by atoms with van der Waals surface area (Å²) in [7, 11) is 6.85. The van der Waals surface area contributed by atoms with Crippen LogP contribution in [0, 0.1) is 0 Å². The molecule has 1 saturated carbocycles. The highest BCUT2D eigenvalue weighted by molar-refractivity contribution is 6.08. The molecule has 7 heteroatoms. The van der Waals surface area contributed by atoms with Crippen molar-refractivity contribution in [3.8, 4) is 11.5 Å². The molecule has 0 aromatic heterocycles. The van der Waals surface area contributed by atoms with Gasteiger partial charge in [-0.05, 0) is 43.2 Å². The molecule has 2 N–H and O–H groups in total. The number of amides is 2. The Morgan fingerprint density at radius 2 is 1.65 bits per heavy atom. The van der Waals surface area contributed by atoms with Crippen molar-refractivity contribution in [2.75, 3.05) is 38.5 Å². The summed E-state index contributed by atoms with van der Waals surface area (Å²) >= 11 is 0. The fraction of sp³-hybridized carbons (Fsp3) is 0.417. The summed E-state index contributed by atoms with van der Waals surface area (Å²) in [5, 5.41) is 6.04. The molecule has 0 saturated heterocycles. The van der Waals surface area contributed by atoms with Crippen LogP contribution in [-0.2, 0) is 0 Å². The second-order valence-electron chi connectivity index (χ2n) is 7.96. The quantitative estimate of drug-likeness (QED) is 0.699. The first kappa shape index (κ1) is 22.5. The third-order valence-electron chi connectivity index (χ3n) is 5.57. The van der Waals surface area contributed by atoms with Gasteiger partial charge in [0.05, 0.1) is 25.3 Å². The largest absolute Gasteiger partial charge is 0.497 e. The summed E-state index contributed by atoms with van der Waals surface area (Å²) in [5.74, 6) is 0.576. The first-order valence-electron chi connectivity index (χ1n) is 10.6. The lowest BCUT2D eigenvalue weighted by molar-refractivity contribution is 0.0927. The van der Waals surface area contributed by atoms with Gasteiger partial charge in [0, 0.05) is 37.6 Å². The number of nitrogens with one attached hydrogen (secondary N) is 2. The van der Waals surface area contributed by atoms with Crippen molar-refractivity contribution in [3.63, 3.8) is 0 Å². The summed E-state index contributed by atoms with van der Waals surface area (Å²) in [5.41, 5.74) is 2.26. The number of hydrogen-bond acceptors (Lipinski definition) is 5. The van der Waals surface area contributed by atoms with E-state index in [1.807, 2.05) is 25.1 Å². The highest BCUT2D eigenvalue weighted by Crippen LogP contribution is 2.28. The first-order chi connectivity index (χ1) is 14.9. The Labute approximate surface area is 183 Å². The molecule has 7 nitrogen and oxygen atoms in total.